The Balaban J connectivity index is 2.62. The Morgan fingerprint density at radius 1 is 1.31 bits per heavy atom. The normalized spacial score (nSPS) is 11.8. The van der Waals surface area contributed by atoms with Crippen molar-refractivity contribution < 1.29 is 13.2 Å². The van der Waals surface area contributed by atoms with E-state index >= 15 is 0 Å². The van der Waals surface area contributed by atoms with Crippen molar-refractivity contribution in [1.29, 1.82) is 0 Å². The summed E-state index contributed by atoms with van der Waals surface area (Å²) in [7, 11) is -2.50. The average Bonchev–Trinajstić information content (AvgIpc) is 2.31. The summed E-state index contributed by atoms with van der Waals surface area (Å²) in [5, 5.41) is 0. The maximum atomic E-state index is 10.7. The topological polar surface area (TPSA) is 43.4 Å². The molecule has 0 bridgehead atoms. The quantitative estimate of drug-likeness (QED) is 0.635. The molecule has 0 atom stereocenters. The lowest BCUT2D eigenvalue weighted by molar-refractivity contribution is 0.348. The Morgan fingerprint density at radius 3 is 2.38 bits per heavy atom. The van der Waals surface area contributed by atoms with Gasteiger partial charge in [-0.05, 0) is 43.2 Å². The predicted octanol–water partition coefficient (Wildman–Crippen LogP) is 2.39. The standard InChI is InChI=1S/C12H16O3S/c1-3-10(4-2)9-15-11-5-7-12(8-6-11)16(13)14/h3,5-8,16H,4,9H2,1-2H3/b10-3+. The van der Waals surface area contributed by atoms with Crippen LogP contribution in [0.5, 0.6) is 5.75 Å². The van der Waals surface area contributed by atoms with Crippen LogP contribution in [0.25, 0.3) is 0 Å². The van der Waals surface area contributed by atoms with E-state index in [0.717, 1.165) is 6.42 Å². The molecule has 0 N–H and O–H groups in total. The van der Waals surface area contributed by atoms with E-state index < -0.39 is 10.7 Å². The third-order valence-corrected chi connectivity index (χ3v) is 3.05. The van der Waals surface area contributed by atoms with Crippen LogP contribution in [-0.4, -0.2) is 15.0 Å². The fourth-order valence-corrected chi connectivity index (χ4v) is 1.62. The summed E-state index contributed by atoms with van der Waals surface area (Å²) in [5.74, 6) is 0.688. The van der Waals surface area contributed by atoms with Gasteiger partial charge in [-0.2, -0.15) is 0 Å². The van der Waals surface area contributed by atoms with Crippen LogP contribution < -0.4 is 4.74 Å². The predicted molar refractivity (Wildman–Crippen MR) is 64.6 cm³/mol. The summed E-state index contributed by atoms with van der Waals surface area (Å²) < 4.78 is 26.8. The van der Waals surface area contributed by atoms with Gasteiger partial charge in [0, 0.05) is 0 Å². The van der Waals surface area contributed by atoms with Crippen molar-refractivity contribution in [3.05, 3.63) is 35.9 Å². The van der Waals surface area contributed by atoms with Gasteiger partial charge < -0.3 is 4.74 Å². The van der Waals surface area contributed by atoms with Crippen LogP contribution in [0.2, 0.25) is 0 Å². The van der Waals surface area contributed by atoms with Gasteiger partial charge in [-0.3, -0.25) is 0 Å². The van der Waals surface area contributed by atoms with Crippen LogP contribution in [0.4, 0.5) is 0 Å². The molecule has 16 heavy (non-hydrogen) atoms. The van der Waals surface area contributed by atoms with Gasteiger partial charge in [0.2, 0.25) is 0 Å². The molecule has 4 heteroatoms. The maximum absolute atomic E-state index is 10.7. The summed E-state index contributed by atoms with van der Waals surface area (Å²) in [6.45, 7) is 4.60. The van der Waals surface area contributed by atoms with Crippen molar-refractivity contribution in [3.63, 3.8) is 0 Å². The third kappa shape index (κ3) is 3.70. The first-order chi connectivity index (χ1) is 7.67. The molecular weight excluding hydrogens is 224 g/mol. The van der Waals surface area contributed by atoms with Crippen LogP contribution in [0.3, 0.4) is 0 Å². The van der Waals surface area contributed by atoms with Crippen molar-refractivity contribution >= 4 is 10.7 Å². The van der Waals surface area contributed by atoms with Gasteiger partial charge in [0.15, 0.2) is 10.7 Å². The van der Waals surface area contributed by atoms with Gasteiger partial charge in [-0.15, -0.1) is 0 Å². The van der Waals surface area contributed by atoms with E-state index in [9.17, 15) is 8.42 Å². The number of thiol groups is 1. The first kappa shape index (κ1) is 12.8. The number of rotatable bonds is 5. The molecule has 0 saturated carbocycles. The smallest absolute Gasteiger partial charge is 0.168 e. The Morgan fingerprint density at radius 2 is 1.94 bits per heavy atom. The second kappa shape index (κ2) is 6.33. The van der Waals surface area contributed by atoms with Gasteiger partial charge in [-0.1, -0.05) is 13.0 Å². The van der Waals surface area contributed by atoms with E-state index in [1.54, 1.807) is 24.3 Å². The summed E-state index contributed by atoms with van der Waals surface area (Å²) in [6.07, 6.45) is 2.99. The number of hydrogen-bond donors (Lipinski definition) is 1. The highest BCUT2D eigenvalue weighted by Gasteiger charge is 1.98. The molecule has 88 valence electrons. The van der Waals surface area contributed by atoms with Crippen molar-refractivity contribution in [2.75, 3.05) is 6.61 Å². The molecule has 0 aliphatic rings. The number of ether oxygens (including phenoxy) is 1. The molecule has 0 amide bonds. The summed E-state index contributed by atoms with van der Waals surface area (Å²) in [6, 6.07) is 6.43. The first-order valence-corrected chi connectivity index (χ1v) is 6.36. The molecule has 1 rings (SSSR count). The van der Waals surface area contributed by atoms with Crippen LogP contribution in [0.1, 0.15) is 20.3 Å². The molecule has 0 aromatic heterocycles. The zero-order valence-electron chi connectivity index (χ0n) is 9.47. The first-order valence-electron chi connectivity index (χ1n) is 5.18. The Bertz CT molecular complexity index is 422. The highest BCUT2D eigenvalue weighted by Crippen LogP contribution is 2.14. The Labute approximate surface area is 97.7 Å². The second-order valence-corrected chi connectivity index (χ2v) is 4.37. The molecule has 1 aromatic carbocycles. The van der Waals surface area contributed by atoms with Gasteiger partial charge in [0.05, 0.1) is 4.90 Å². The molecule has 3 nitrogen and oxygen atoms in total. The number of benzene rings is 1. The molecule has 0 aliphatic heterocycles. The molecule has 0 spiro atoms. The van der Waals surface area contributed by atoms with Crippen molar-refractivity contribution in [2.24, 2.45) is 0 Å². The van der Waals surface area contributed by atoms with E-state index in [1.807, 2.05) is 13.0 Å². The second-order valence-electron chi connectivity index (χ2n) is 3.34. The van der Waals surface area contributed by atoms with E-state index in [-0.39, 0.29) is 0 Å². The molecule has 0 fully saturated rings. The molecular formula is C12H16O3S. The number of allylic oxidation sites excluding steroid dienone is 1. The average molecular weight is 240 g/mol. The minimum absolute atomic E-state index is 0.309. The van der Waals surface area contributed by atoms with Crippen LogP contribution in [0.15, 0.2) is 40.8 Å². The van der Waals surface area contributed by atoms with Crippen molar-refractivity contribution in [2.45, 2.75) is 25.2 Å². The van der Waals surface area contributed by atoms with Crippen molar-refractivity contribution in [1.82, 2.24) is 0 Å². The van der Waals surface area contributed by atoms with Gasteiger partial charge in [0.1, 0.15) is 12.4 Å². The highest BCUT2D eigenvalue weighted by molar-refractivity contribution is 7.72. The lowest BCUT2D eigenvalue weighted by Gasteiger charge is -2.07. The molecule has 0 unspecified atom stereocenters. The Kier molecular flexibility index (Phi) is 5.05. The number of hydrogen-bond acceptors (Lipinski definition) is 3. The van der Waals surface area contributed by atoms with E-state index in [0.29, 0.717) is 17.3 Å². The lowest BCUT2D eigenvalue weighted by atomic mass is 10.2. The SMILES string of the molecule is C/C=C(\CC)COc1ccc([SH](=O)=O)cc1. The zero-order valence-corrected chi connectivity index (χ0v) is 10.4. The molecule has 0 radical (unpaired) electrons. The third-order valence-electron chi connectivity index (χ3n) is 2.33. The van der Waals surface area contributed by atoms with Crippen molar-refractivity contribution in [3.8, 4) is 5.75 Å². The molecule has 0 aliphatic carbocycles. The highest BCUT2D eigenvalue weighted by atomic mass is 32.2. The van der Waals surface area contributed by atoms with Gasteiger partial charge >= 0.3 is 0 Å². The molecule has 1 aromatic rings. The van der Waals surface area contributed by atoms with E-state index in [2.05, 4.69) is 6.92 Å². The zero-order chi connectivity index (χ0) is 12.0. The van der Waals surface area contributed by atoms with Gasteiger partial charge in [0.25, 0.3) is 0 Å². The van der Waals surface area contributed by atoms with E-state index in [4.69, 9.17) is 4.74 Å². The minimum atomic E-state index is -2.50. The lowest BCUT2D eigenvalue weighted by Crippen LogP contribution is -2.00. The minimum Gasteiger partial charge on any atom is -0.489 e. The fourth-order valence-electron chi connectivity index (χ4n) is 1.23. The largest absolute Gasteiger partial charge is 0.489 e. The van der Waals surface area contributed by atoms with Crippen LogP contribution >= 0.6 is 0 Å². The molecule has 0 heterocycles. The summed E-state index contributed by atoms with van der Waals surface area (Å²) in [5.41, 5.74) is 1.22. The fraction of sp³-hybridized carbons (Fsp3) is 0.333. The van der Waals surface area contributed by atoms with Crippen LogP contribution in [-0.2, 0) is 10.7 Å². The van der Waals surface area contributed by atoms with E-state index in [1.165, 1.54) is 5.57 Å². The van der Waals surface area contributed by atoms with Gasteiger partial charge in [-0.25, -0.2) is 8.42 Å². The summed E-state index contributed by atoms with van der Waals surface area (Å²) in [4.78, 5) is 0.309. The van der Waals surface area contributed by atoms with Crippen LogP contribution in [0, 0.1) is 0 Å². The maximum Gasteiger partial charge on any atom is 0.168 e. The summed E-state index contributed by atoms with van der Waals surface area (Å²) >= 11 is 0. The monoisotopic (exact) mass is 240 g/mol. The molecule has 0 saturated heterocycles. The Hall–Kier alpha value is -1.29.